The lowest BCUT2D eigenvalue weighted by atomic mass is 9.76. The molecule has 11 nitrogen and oxygen atoms in total. The van der Waals surface area contributed by atoms with Crippen molar-refractivity contribution in [2.45, 2.75) is 63.8 Å². The Labute approximate surface area is 275 Å². The quantitative estimate of drug-likeness (QED) is 0.209. The molecule has 1 N–H and O–H groups in total. The van der Waals surface area contributed by atoms with Crippen molar-refractivity contribution in [1.82, 2.24) is 24.6 Å². The number of carboxylic acids is 1. The molecule has 2 aromatic heterocycles. The van der Waals surface area contributed by atoms with Crippen molar-refractivity contribution < 1.29 is 37.4 Å². The fraction of sp³-hybridized carbons (Fsp3) is 0.500. The number of carbonyl (C=O) groups excluding carboxylic acids is 2. The molecule has 1 aromatic carbocycles. The van der Waals surface area contributed by atoms with Crippen molar-refractivity contribution in [1.29, 1.82) is 0 Å². The number of aldehydes is 1. The maximum Gasteiger partial charge on any atom is 0.490 e. The molecule has 4 heterocycles. The number of benzene rings is 1. The van der Waals surface area contributed by atoms with Crippen LogP contribution in [0.2, 0.25) is 0 Å². The number of ether oxygens (including phenoxy) is 1. The van der Waals surface area contributed by atoms with Gasteiger partial charge in [0.1, 0.15) is 24.3 Å². The molecular formula is C32H39F3N6O5S. The number of carbonyl (C=O) groups is 3. The zero-order valence-electron chi connectivity index (χ0n) is 27.0. The SMILES string of the molecule is CCSc1cc(C2(Cc3nncn3C)COC2)cc(N2Cc3c(C=O)cc(CN(CC)CC(C)C)cc3C2=O)n1.O=C(O)C(F)(F)F. The van der Waals surface area contributed by atoms with Crippen LogP contribution in [0.5, 0.6) is 0 Å². The van der Waals surface area contributed by atoms with E-state index < -0.39 is 12.1 Å². The summed E-state index contributed by atoms with van der Waals surface area (Å²) >= 11 is 1.65. The number of nitrogens with zero attached hydrogens (tertiary/aromatic N) is 6. The number of fused-ring (bicyclic) bond motifs is 1. The zero-order valence-corrected chi connectivity index (χ0v) is 27.8. The minimum Gasteiger partial charge on any atom is -0.475 e. The molecule has 2 aliphatic heterocycles. The Morgan fingerprint density at radius 1 is 1.21 bits per heavy atom. The summed E-state index contributed by atoms with van der Waals surface area (Å²) in [7, 11) is 1.94. The molecule has 5 rings (SSSR count). The topological polar surface area (TPSA) is 131 Å². The van der Waals surface area contributed by atoms with E-state index in [-0.39, 0.29) is 11.3 Å². The van der Waals surface area contributed by atoms with E-state index in [1.165, 1.54) is 0 Å². The molecule has 0 unspecified atom stereocenters. The maximum absolute atomic E-state index is 13.9. The first-order valence-electron chi connectivity index (χ1n) is 15.2. The number of hydrogen-bond acceptors (Lipinski definition) is 9. The maximum atomic E-state index is 13.9. The van der Waals surface area contributed by atoms with Gasteiger partial charge in [-0.2, -0.15) is 13.2 Å². The van der Waals surface area contributed by atoms with Crippen LogP contribution in [0.1, 0.15) is 70.9 Å². The number of aromatic nitrogens is 4. The number of thioether (sulfide) groups is 1. The largest absolute Gasteiger partial charge is 0.490 e. The third-order valence-electron chi connectivity index (χ3n) is 8.01. The van der Waals surface area contributed by atoms with Crippen LogP contribution in [0, 0.1) is 5.92 Å². The van der Waals surface area contributed by atoms with Crippen molar-refractivity contribution in [3.63, 3.8) is 0 Å². The van der Waals surface area contributed by atoms with Crippen molar-refractivity contribution >= 4 is 35.7 Å². The van der Waals surface area contributed by atoms with E-state index >= 15 is 0 Å². The molecule has 3 aromatic rings. The van der Waals surface area contributed by atoms with Gasteiger partial charge in [0.05, 0.1) is 24.8 Å². The van der Waals surface area contributed by atoms with Crippen LogP contribution in [0.3, 0.4) is 0 Å². The van der Waals surface area contributed by atoms with Crippen LogP contribution in [-0.2, 0) is 41.5 Å². The number of aliphatic carboxylic acids is 1. The first-order valence-corrected chi connectivity index (χ1v) is 16.2. The lowest BCUT2D eigenvalue weighted by Crippen LogP contribution is -2.49. The van der Waals surface area contributed by atoms with Crippen LogP contribution in [-0.4, -0.2) is 86.1 Å². The van der Waals surface area contributed by atoms with Gasteiger partial charge in [-0.15, -0.1) is 22.0 Å². The van der Waals surface area contributed by atoms with E-state index in [1.807, 2.05) is 29.8 Å². The number of halogens is 3. The van der Waals surface area contributed by atoms with Crippen LogP contribution in [0.4, 0.5) is 19.0 Å². The second kappa shape index (κ2) is 14.9. The normalized spacial score (nSPS) is 15.4. The van der Waals surface area contributed by atoms with Gasteiger partial charge >= 0.3 is 12.1 Å². The predicted octanol–water partition coefficient (Wildman–Crippen LogP) is 4.92. The number of alkyl halides is 3. The zero-order chi connectivity index (χ0) is 34.5. The molecule has 15 heteroatoms. The Hall–Kier alpha value is -3.82. The molecule has 0 radical (unpaired) electrons. The van der Waals surface area contributed by atoms with Crippen molar-refractivity contribution in [3.05, 3.63) is 64.2 Å². The van der Waals surface area contributed by atoms with Gasteiger partial charge in [-0.05, 0) is 59.2 Å². The van der Waals surface area contributed by atoms with Crippen molar-refractivity contribution in [2.75, 3.05) is 37.0 Å². The summed E-state index contributed by atoms with van der Waals surface area (Å²) in [5.74, 6) is 0.0112. The highest BCUT2D eigenvalue weighted by Gasteiger charge is 2.43. The molecule has 47 heavy (non-hydrogen) atoms. The van der Waals surface area contributed by atoms with Crippen molar-refractivity contribution in [2.24, 2.45) is 13.0 Å². The number of anilines is 1. The lowest BCUT2D eigenvalue weighted by Gasteiger charge is -2.42. The van der Waals surface area contributed by atoms with Gasteiger partial charge in [0, 0.05) is 43.1 Å². The van der Waals surface area contributed by atoms with Crippen LogP contribution in [0.25, 0.3) is 0 Å². The fourth-order valence-electron chi connectivity index (χ4n) is 5.61. The monoisotopic (exact) mass is 676 g/mol. The van der Waals surface area contributed by atoms with Crippen LogP contribution < -0.4 is 4.90 Å². The molecule has 1 fully saturated rings. The lowest BCUT2D eigenvalue weighted by molar-refractivity contribution is -0.192. The molecule has 1 amide bonds. The average Bonchev–Trinajstić information content (AvgIpc) is 3.55. The Kier molecular flexibility index (Phi) is 11.5. The van der Waals surface area contributed by atoms with Gasteiger partial charge in [0.25, 0.3) is 5.91 Å². The third kappa shape index (κ3) is 8.37. The first-order chi connectivity index (χ1) is 22.2. The second-order valence-electron chi connectivity index (χ2n) is 12.0. The van der Waals surface area contributed by atoms with Gasteiger partial charge in [-0.3, -0.25) is 19.4 Å². The van der Waals surface area contributed by atoms with Crippen LogP contribution in [0.15, 0.2) is 35.6 Å². The molecule has 0 aliphatic carbocycles. The van der Waals surface area contributed by atoms with Crippen LogP contribution >= 0.6 is 11.8 Å². The van der Waals surface area contributed by atoms with Gasteiger partial charge in [-0.1, -0.05) is 27.7 Å². The van der Waals surface area contributed by atoms with E-state index in [4.69, 9.17) is 19.6 Å². The summed E-state index contributed by atoms with van der Waals surface area (Å²) < 4.78 is 39.4. The summed E-state index contributed by atoms with van der Waals surface area (Å²) in [6, 6.07) is 8.04. The molecule has 1 saturated heterocycles. The number of pyridine rings is 1. The minimum absolute atomic E-state index is 0.115. The molecule has 0 spiro atoms. The number of rotatable bonds is 12. The smallest absolute Gasteiger partial charge is 0.475 e. The number of aryl methyl sites for hydroxylation is 1. The van der Waals surface area contributed by atoms with Gasteiger partial charge < -0.3 is 14.4 Å². The van der Waals surface area contributed by atoms with Crippen molar-refractivity contribution in [3.8, 4) is 0 Å². The molecule has 0 bridgehead atoms. The standard InChI is InChI=1S/C30H38N6O3S.C2HF3O2/c1-6-35(13-20(3)4)14-21-8-22(16-37)25-15-36(29(38)24(25)9-21)26-10-23(11-28(32-26)40-7-2)30(17-39-18-30)12-27-33-31-19-34(27)5;3-2(4,5)1(6)7/h8-11,16,19-20H,6-7,12-15,17-18H2,1-5H3;(H,6,7). The average molecular weight is 677 g/mol. The summed E-state index contributed by atoms with van der Waals surface area (Å²) in [6.45, 7) is 12.6. The van der Waals surface area contributed by atoms with Gasteiger partial charge in [0.2, 0.25) is 0 Å². The second-order valence-corrected chi connectivity index (χ2v) is 13.3. The summed E-state index contributed by atoms with van der Waals surface area (Å²) in [6.07, 6.45) is -1.82. The summed E-state index contributed by atoms with van der Waals surface area (Å²) in [4.78, 5) is 43.9. The molecule has 0 saturated carbocycles. The highest BCUT2D eigenvalue weighted by Crippen LogP contribution is 2.40. The fourth-order valence-corrected chi connectivity index (χ4v) is 6.27. The van der Waals surface area contributed by atoms with Gasteiger partial charge in [0.15, 0.2) is 0 Å². The Morgan fingerprint density at radius 3 is 2.43 bits per heavy atom. The molecule has 254 valence electrons. The minimum atomic E-state index is -5.08. The highest BCUT2D eigenvalue weighted by atomic mass is 32.2. The van der Waals surface area contributed by atoms with E-state index in [0.717, 1.165) is 52.7 Å². The third-order valence-corrected chi connectivity index (χ3v) is 8.80. The van der Waals surface area contributed by atoms with Gasteiger partial charge in [-0.25, -0.2) is 9.78 Å². The Balaban J connectivity index is 0.000000644. The first kappa shape index (κ1) is 36.0. The highest BCUT2D eigenvalue weighted by molar-refractivity contribution is 7.99. The number of hydrogen-bond donors (Lipinski definition) is 1. The molecular weight excluding hydrogens is 637 g/mol. The van der Waals surface area contributed by atoms with E-state index in [0.29, 0.717) is 55.6 Å². The number of amides is 1. The van der Waals surface area contributed by atoms with E-state index in [2.05, 4.69) is 48.9 Å². The Morgan fingerprint density at radius 2 is 1.91 bits per heavy atom. The summed E-state index contributed by atoms with van der Waals surface area (Å²) in [5, 5.41) is 16.4. The van der Waals surface area contributed by atoms with E-state index in [1.54, 1.807) is 23.0 Å². The van der Waals surface area contributed by atoms with E-state index in [9.17, 15) is 22.8 Å². The Bertz CT molecular complexity index is 1610. The predicted molar refractivity (Wildman–Crippen MR) is 170 cm³/mol. The molecule has 0 atom stereocenters. The summed E-state index contributed by atoms with van der Waals surface area (Å²) in [5.41, 5.74) is 3.74. The molecule has 2 aliphatic rings. The number of carboxylic acid groups (broad SMARTS) is 1.